The van der Waals surface area contributed by atoms with Crippen molar-refractivity contribution in [3.05, 3.63) is 57.1 Å². The fraction of sp³-hybridized carbons (Fsp3) is 0.423. The third-order valence-corrected chi connectivity index (χ3v) is 7.65. The molecule has 0 atom stereocenters. The number of halogens is 4. The summed E-state index contributed by atoms with van der Waals surface area (Å²) in [6.07, 6.45) is -3.03. The standard InChI is InChI=1S/C26H28ClF3N6O4S/c1-16-6-8-33(9-7-16)21-5-3-18(36(39)40)15-19(21)23(37)32-25(41)31-17-2-4-22(20(27)14-17)34-10-12-35(13-11-34)24(38)26(28,29)30/h2-5,14-16H,6-13H2,1H3,(H2,31,32,37,41). The van der Waals surface area contributed by atoms with Crippen molar-refractivity contribution in [2.45, 2.75) is 25.9 Å². The molecular formula is C26H28ClF3N6O4S. The van der Waals surface area contributed by atoms with E-state index in [4.69, 9.17) is 23.8 Å². The number of piperazine rings is 1. The summed E-state index contributed by atoms with van der Waals surface area (Å²) in [6, 6.07) is 9.04. The van der Waals surface area contributed by atoms with Crippen LogP contribution in [-0.4, -0.2) is 72.2 Å². The largest absolute Gasteiger partial charge is 0.471 e. The number of alkyl halides is 3. The Bertz CT molecular complexity index is 1340. The van der Waals surface area contributed by atoms with Crippen molar-refractivity contribution < 1.29 is 27.7 Å². The van der Waals surface area contributed by atoms with Crippen molar-refractivity contribution in [1.29, 1.82) is 0 Å². The van der Waals surface area contributed by atoms with Crippen LogP contribution in [0.5, 0.6) is 0 Å². The molecule has 2 aromatic carbocycles. The first-order chi connectivity index (χ1) is 19.3. The molecule has 2 saturated heterocycles. The van der Waals surface area contributed by atoms with Gasteiger partial charge < -0.3 is 20.0 Å². The number of amides is 2. The zero-order valence-electron chi connectivity index (χ0n) is 22.0. The van der Waals surface area contributed by atoms with E-state index in [1.807, 2.05) is 4.90 Å². The van der Waals surface area contributed by atoms with Crippen LogP contribution in [0.3, 0.4) is 0 Å². The lowest BCUT2D eigenvalue weighted by molar-refractivity contribution is -0.384. The van der Waals surface area contributed by atoms with Crippen molar-refractivity contribution in [2.24, 2.45) is 5.92 Å². The number of piperidine rings is 1. The second-order valence-electron chi connectivity index (χ2n) is 9.98. The second kappa shape index (κ2) is 12.5. The predicted octanol–water partition coefficient (Wildman–Crippen LogP) is 4.82. The minimum absolute atomic E-state index is 0.0529. The van der Waals surface area contributed by atoms with Gasteiger partial charge in [0.15, 0.2) is 5.11 Å². The average Bonchev–Trinajstić information content (AvgIpc) is 2.92. The van der Waals surface area contributed by atoms with E-state index in [0.717, 1.165) is 30.8 Å². The maximum absolute atomic E-state index is 13.2. The van der Waals surface area contributed by atoms with E-state index in [1.165, 1.54) is 12.1 Å². The van der Waals surface area contributed by atoms with Gasteiger partial charge in [-0.2, -0.15) is 13.2 Å². The Labute approximate surface area is 244 Å². The van der Waals surface area contributed by atoms with E-state index >= 15 is 0 Å². The van der Waals surface area contributed by atoms with Crippen molar-refractivity contribution in [3.63, 3.8) is 0 Å². The Hall–Kier alpha value is -3.65. The highest BCUT2D eigenvalue weighted by Crippen LogP contribution is 2.31. The highest BCUT2D eigenvalue weighted by atomic mass is 35.5. The Morgan fingerprint density at radius 2 is 1.61 bits per heavy atom. The Morgan fingerprint density at radius 1 is 1.00 bits per heavy atom. The van der Waals surface area contributed by atoms with E-state index in [1.54, 1.807) is 29.2 Å². The molecule has 0 unspecified atom stereocenters. The number of nitro benzene ring substituents is 1. The number of hydrogen-bond acceptors (Lipinski definition) is 7. The molecule has 15 heteroatoms. The smallest absolute Gasteiger partial charge is 0.371 e. The topological polar surface area (TPSA) is 111 Å². The lowest BCUT2D eigenvalue weighted by atomic mass is 9.98. The number of carbonyl (C=O) groups excluding carboxylic acids is 2. The SMILES string of the molecule is CC1CCN(c2ccc([N+](=O)[O-])cc2C(=O)NC(=S)Nc2ccc(N3CCN(C(=O)C(F)(F)F)CC3)c(Cl)c2)CC1. The summed E-state index contributed by atoms with van der Waals surface area (Å²) >= 11 is 11.7. The fourth-order valence-electron chi connectivity index (χ4n) is 4.85. The van der Waals surface area contributed by atoms with Gasteiger partial charge in [-0.25, -0.2) is 0 Å². The molecule has 4 rings (SSSR count). The van der Waals surface area contributed by atoms with Gasteiger partial charge >= 0.3 is 12.1 Å². The molecule has 10 nitrogen and oxygen atoms in total. The van der Waals surface area contributed by atoms with Crippen LogP contribution in [0.1, 0.15) is 30.1 Å². The van der Waals surface area contributed by atoms with E-state index in [0.29, 0.717) is 28.0 Å². The number of nitro groups is 1. The number of benzene rings is 2. The van der Waals surface area contributed by atoms with Gasteiger partial charge in [0.25, 0.3) is 11.6 Å². The molecule has 0 radical (unpaired) electrons. The fourth-order valence-corrected chi connectivity index (χ4v) is 5.36. The monoisotopic (exact) mass is 612 g/mol. The summed E-state index contributed by atoms with van der Waals surface area (Å²) in [5.41, 5.74) is 1.53. The van der Waals surface area contributed by atoms with E-state index in [9.17, 15) is 32.9 Å². The van der Waals surface area contributed by atoms with Crippen LogP contribution in [-0.2, 0) is 4.79 Å². The van der Waals surface area contributed by atoms with Gasteiger partial charge in [0, 0.05) is 57.1 Å². The van der Waals surface area contributed by atoms with Gasteiger partial charge in [0.1, 0.15) is 0 Å². The first-order valence-corrected chi connectivity index (χ1v) is 13.7. The molecule has 2 N–H and O–H groups in total. The zero-order valence-corrected chi connectivity index (χ0v) is 23.6. The molecule has 0 saturated carbocycles. The summed E-state index contributed by atoms with van der Waals surface area (Å²) in [5, 5.41) is 17.1. The average molecular weight is 613 g/mol. The van der Waals surface area contributed by atoms with Gasteiger partial charge in [-0.1, -0.05) is 18.5 Å². The minimum Gasteiger partial charge on any atom is -0.371 e. The van der Waals surface area contributed by atoms with Crippen LogP contribution in [0.25, 0.3) is 0 Å². The normalized spacial score (nSPS) is 16.4. The van der Waals surface area contributed by atoms with Gasteiger partial charge in [-0.15, -0.1) is 0 Å². The van der Waals surface area contributed by atoms with Crippen LogP contribution >= 0.6 is 23.8 Å². The quantitative estimate of drug-likeness (QED) is 0.281. The van der Waals surface area contributed by atoms with Gasteiger partial charge in [-0.05, 0) is 55.2 Å². The third-order valence-electron chi connectivity index (χ3n) is 7.14. The number of thiocarbonyl (C=S) groups is 1. The summed E-state index contributed by atoms with van der Waals surface area (Å²) in [5.74, 6) is -1.91. The van der Waals surface area contributed by atoms with Crippen molar-refractivity contribution in [2.75, 3.05) is 54.4 Å². The second-order valence-corrected chi connectivity index (χ2v) is 10.8. The zero-order chi connectivity index (χ0) is 29.9. The molecule has 2 aliphatic rings. The van der Waals surface area contributed by atoms with E-state index < -0.39 is 22.9 Å². The lowest BCUT2D eigenvalue weighted by Crippen LogP contribution is -2.52. The van der Waals surface area contributed by atoms with Gasteiger partial charge in [0.2, 0.25) is 0 Å². The molecule has 2 aromatic rings. The molecule has 0 aromatic heterocycles. The maximum Gasteiger partial charge on any atom is 0.471 e. The van der Waals surface area contributed by atoms with Crippen LogP contribution in [0.2, 0.25) is 5.02 Å². The molecule has 0 aliphatic carbocycles. The molecule has 0 spiro atoms. The molecule has 0 bridgehead atoms. The molecule has 2 amide bonds. The number of hydrogen-bond donors (Lipinski definition) is 2. The maximum atomic E-state index is 13.2. The number of nitrogens with one attached hydrogen (secondary N) is 2. The van der Waals surface area contributed by atoms with Crippen LogP contribution in [0, 0.1) is 16.0 Å². The van der Waals surface area contributed by atoms with Gasteiger partial charge in [0.05, 0.1) is 26.9 Å². The summed E-state index contributed by atoms with van der Waals surface area (Å²) in [4.78, 5) is 40.1. The molecular weight excluding hydrogens is 585 g/mol. The van der Waals surface area contributed by atoms with Crippen LogP contribution in [0.15, 0.2) is 36.4 Å². The highest BCUT2D eigenvalue weighted by molar-refractivity contribution is 7.80. The Balaban J connectivity index is 1.40. The number of anilines is 3. The van der Waals surface area contributed by atoms with Crippen molar-refractivity contribution in [1.82, 2.24) is 10.2 Å². The Morgan fingerprint density at radius 3 is 2.20 bits per heavy atom. The van der Waals surface area contributed by atoms with Crippen molar-refractivity contribution >= 4 is 63.5 Å². The molecule has 2 aliphatic heterocycles. The lowest BCUT2D eigenvalue weighted by Gasteiger charge is -2.36. The van der Waals surface area contributed by atoms with E-state index in [2.05, 4.69) is 17.6 Å². The predicted molar refractivity (Wildman–Crippen MR) is 154 cm³/mol. The Kier molecular flexibility index (Phi) is 9.22. The van der Waals surface area contributed by atoms with E-state index in [-0.39, 0.29) is 42.5 Å². The number of carbonyl (C=O) groups is 2. The highest BCUT2D eigenvalue weighted by Gasteiger charge is 2.43. The minimum atomic E-state index is -4.91. The summed E-state index contributed by atoms with van der Waals surface area (Å²) in [6.45, 7) is 3.75. The molecule has 2 fully saturated rings. The molecule has 2 heterocycles. The third kappa shape index (κ3) is 7.36. The first kappa shape index (κ1) is 30.3. The summed E-state index contributed by atoms with van der Waals surface area (Å²) < 4.78 is 38.1. The number of rotatable bonds is 5. The number of non-ortho nitro benzene ring substituents is 1. The van der Waals surface area contributed by atoms with Gasteiger partial charge in [-0.3, -0.25) is 25.0 Å². The first-order valence-electron chi connectivity index (χ1n) is 12.9. The van der Waals surface area contributed by atoms with Crippen LogP contribution in [0.4, 0.5) is 35.9 Å². The summed E-state index contributed by atoms with van der Waals surface area (Å²) in [7, 11) is 0. The molecule has 220 valence electrons. The molecule has 41 heavy (non-hydrogen) atoms. The van der Waals surface area contributed by atoms with Crippen molar-refractivity contribution in [3.8, 4) is 0 Å². The van der Waals surface area contributed by atoms with Crippen LogP contribution < -0.4 is 20.4 Å². The number of nitrogens with zero attached hydrogens (tertiary/aromatic N) is 4.